The second kappa shape index (κ2) is 5.35. The molecule has 3 heteroatoms. The number of carbonyl (C=O) groups is 1. The van der Waals surface area contributed by atoms with Crippen molar-refractivity contribution >= 4 is 17.4 Å². The highest BCUT2D eigenvalue weighted by Gasteiger charge is 2.18. The van der Waals surface area contributed by atoms with Crippen LogP contribution in [0.5, 0.6) is 0 Å². The predicted octanol–water partition coefficient (Wildman–Crippen LogP) is 3.49. The van der Waals surface area contributed by atoms with E-state index >= 15 is 0 Å². The van der Waals surface area contributed by atoms with E-state index in [-0.39, 0.29) is 5.78 Å². The van der Waals surface area contributed by atoms with E-state index in [4.69, 9.17) is 11.6 Å². The molecule has 0 aliphatic heterocycles. The maximum Gasteiger partial charge on any atom is 0.182 e. The fourth-order valence-corrected chi connectivity index (χ4v) is 1.95. The Labute approximate surface area is 102 Å². The van der Waals surface area contributed by atoms with E-state index in [0.717, 1.165) is 29.9 Å². The third-order valence-electron chi connectivity index (χ3n) is 2.76. The van der Waals surface area contributed by atoms with Gasteiger partial charge >= 0.3 is 0 Å². The number of carbonyl (C=O) groups excluding carboxylic acids is 1. The van der Waals surface area contributed by atoms with Gasteiger partial charge in [-0.3, -0.25) is 4.79 Å². The van der Waals surface area contributed by atoms with Gasteiger partial charge in [0, 0.05) is 23.5 Å². The lowest BCUT2D eigenvalue weighted by Crippen LogP contribution is -2.12. The fourth-order valence-electron chi connectivity index (χ4n) is 1.83. The molecule has 1 heterocycles. The summed E-state index contributed by atoms with van der Waals surface area (Å²) in [5.41, 5.74) is 2.83. The van der Waals surface area contributed by atoms with Gasteiger partial charge in [0.2, 0.25) is 0 Å². The number of hydrogen-bond donors (Lipinski definition) is 0. The first-order chi connectivity index (χ1) is 7.49. The van der Waals surface area contributed by atoms with Gasteiger partial charge in [-0.25, -0.2) is 0 Å². The van der Waals surface area contributed by atoms with Crippen molar-refractivity contribution in [1.29, 1.82) is 0 Å². The lowest BCUT2D eigenvalue weighted by atomic mass is 10.1. The molecule has 0 radical (unpaired) electrons. The van der Waals surface area contributed by atoms with Gasteiger partial charge in [0.1, 0.15) is 0 Å². The molecule has 0 bridgehead atoms. The summed E-state index contributed by atoms with van der Waals surface area (Å²) in [6, 6.07) is 1.92. The van der Waals surface area contributed by atoms with Crippen molar-refractivity contribution in [3.05, 3.63) is 35.7 Å². The number of nitrogens with zero attached hydrogens (tertiary/aromatic N) is 1. The SMILES string of the molecule is C=CCCn1c(C)cc(C(=O)C(C)Cl)c1C. The maximum atomic E-state index is 11.8. The zero-order valence-corrected chi connectivity index (χ0v) is 10.8. The summed E-state index contributed by atoms with van der Waals surface area (Å²) >= 11 is 5.83. The van der Waals surface area contributed by atoms with Crippen LogP contribution in [-0.2, 0) is 6.54 Å². The molecule has 2 nitrogen and oxygen atoms in total. The Hall–Kier alpha value is -1.02. The lowest BCUT2D eigenvalue weighted by Gasteiger charge is -2.08. The fraction of sp³-hybridized carbons (Fsp3) is 0.462. The van der Waals surface area contributed by atoms with E-state index in [0.29, 0.717) is 0 Å². The van der Waals surface area contributed by atoms with Crippen LogP contribution in [0.4, 0.5) is 0 Å². The standard InChI is InChI=1S/C13H18ClNO/c1-5-6-7-15-9(2)8-12(11(15)4)13(16)10(3)14/h5,8,10H,1,6-7H2,2-4H3. The Morgan fingerprint density at radius 2 is 2.25 bits per heavy atom. The molecule has 0 N–H and O–H groups in total. The van der Waals surface area contributed by atoms with Crippen molar-refractivity contribution in [3.63, 3.8) is 0 Å². The molecule has 1 atom stereocenters. The molecule has 1 rings (SSSR count). The van der Waals surface area contributed by atoms with E-state index in [1.54, 1.807) is 6.92 Å². The number of aryl methyl sites for hydroxylation is 1. The van der Waals surface area contributed by atoms with Crippen LogP contribution in [0.3, 0.4) is 0 Å². The molecule has 0 saturated heterocycles. The zero-order valence-electron chi connectivity index (χ0n) is 10.1. The maximum absolute atomic E-state index is 11.8. The third-order valence-corrected chi connectivity index (χ3v) is 2.96. The summed E-state index contributed by atoms with van der Waals surface area (Å²) in [6.45, 7) is 10.2. The van der Waals surface area contributed by atoms with E-state index in [1.165, 1.54) is 0 Å². The van der Waals surface area contributed by atoms with E-state index < -0.39 is 5.38 Å². The Balaban J connectivity index is 3.05. The van der Waals surface area contributed by atoms with Gasteiger partial charge in [0.05, 0.1) is 5.38 Å². The zero-order chi connectivity index (χ0) is 12.3. The van der Waals surface area contributed by atoms with Crippen LogP contribution in [-0.4, -0.2) is 15.7 Å². The number of rotatable bonds is 5. The van der Waals surface area contributed by atoms with E-state index in [2.05, 4.69) is 11.1 Å². The molecule has 1 aromatic heterocycles. The predicted molar refractivity (Wildman–Crippen MR) is 68.4 cm³/mol. The Bertz CT molecular complexity index is 404. The molecule has 0 aromatic carbocycles. The van der Waals surface area contributed by atoms with Crippen molar-refractivity contribution < 1.29 is 4.79 Å². The third kappa shape index (κ3) is 2.56. The number of ketones is 1. The average molecular weight is 240 g/mol. The largest absolute Gasteiger partial charge is 0.348 e. The summed E-state index contributed by atoms with van der Waals surface area (Å²) in [4.78, 5) is 11.8. The quantitative estimate of drug-likeness (QED) is 0.438. The summed E-state index contributed by atoms with van der Waals surface area (Å²) < 4.78 is 2.13. The molecule has 88 valence electrons. The Morgan fingerprint density at radius 3 is 2.75 bits per heavy atom. The molecule has 0 aliphatic carbocycles. The minimum Gasteiger partial charge on any atom is -0.348 e. The smallest absolute Gasteiger partial charge is 0.182 e. The second-order valence-electron chi connectivity index (χ2n) is 3.99. The van der Waals surface area contributed by atoms with Crippen molar-refractivity contribution in [2.75, 3.05) is 0 Å². The number of hydrogen-bond acceptors (Lipinski definition) is 1. The van der Waals surface area contributed by atoms with Gasteiger partial charge in [0.25, 0.3) is 0 Å². The summed E-state index contributed by atoms with van der Waals surface area (Å²) in [5.74, 6) is -0.000352. The van der Waals surface area contributed by atoms with Gasteiger partial charge in [-0.2, -0.15) is 0 Å². The van der Waals surface area contributed by atoms with Gasteiger partial charge < -0.3 is 4.57 Å². The van der Waals surface area contributed by atoms with E-state index in [9.17, 15) is 4.79 Å². The first-order valence-corrected chi connectivity index (χ1v) is 5.88. The average Bonchev–Trinajstić information content (AvgIpc) is 2.51. The molecule has 0 saturated carbocycles. The van der Waals surface area contributed by atoms with Crippen molar-refractivity contribution in [2.45, 2.75) is 39.1 Å². The van der Waals surface area contributed by atoms with Gasteiger partial charge in [0.15, 0.2) is 5.78 Å². The van der Waals surface area contributed by atoms with Crippen molar-refractivity contribution in [3.8, 4) is 0 Å². The van der Waals surface area contributed by atoms with Crippen LogP contribution in [0.1, 0.15) is 35.1 Å². The minimum atomic E-state index is -0.464. The van der Waals surface area contributed by atoms with Crippen LogP contribution in [0.2, 0.25) is 0 Å². The highest BCUT2D eigenvalue weighted by molar-refractivity contribution is 6.33. The highest BCUT2D eigenvalue weighted by Crippen LogP contribution is 2.18. The summed E-state index contributed by atoms with van der Waals surface area (Å²) in [5, 5.41) is -0.464. The minimum absolute atomic E-state index is 0.000352. The monoisotopic (exact) mass is 239 g/mol. The molecule has 0 aliphatic rings. The highest BCUT2D eigenvalue weighted by atomic mass is 35.5. The lowest BCUT2D eigenvalue weighted by molar-refractivity contribution is 0.0991. The van der Waals surface area contributed by atoms with Crippen molar-refractivity contribution in [1.82, 2.24) is 4.57 Å². The van der Waals surface area contributed by atoms with Crippen LogP contribution in [0.25, 0.3) is 0 Å². The number of aromatic nitrogens is 1. The summed E-state index contributed by atoms with van der Waals surface area (Å²) in [7, 11) is 0. The number of halogens is 1. The molecule has 0 spiro atoms. The molecule has 1 aromatic rings. The number of alkyl halides is 1. The number of allylic oxidation sites excluding steroid dienone is 1. The molecular weight excluding hydrogens is 222 g/mol. The molecule has 0 fully saturated rings. The van der Waals surface area contributed by atoms with Gasteiger partial charge in [-0.15, -0.1) is 18.2 Å². The topological polar surface area (TPSA) is 22.0 Å². The van der Waals surface area contributed by atoms with Crippen LogP contribution in [0, 0.1) is 13.8 Å². The molecule has 1 unspecified atom stereocenters. The van der Waals surface area contributed by atoms with Gasteiger partial charge in [-0.05, 0) is 33.3 Å². The molecule has 16 heavy (non-hydrogen) atoms. The van der Waals surface area contributed by atoms with Gasteiger partial charge in [-0.1, -0.05) is 6.08 Å². The first kappa shape index (κ1) is 13.0. The number of Topliss-reactive ketones (excluding diaryl/α,β-unsaturated/α-hetero) is 1. The van der Waals surface area contributed by atoms with Crippen LogP contribution < -0.4 is 0 Å². The normalized spacial score (nSPS) is 12.5. The second-order valence-corrected chi connectivity index (χ2v) is 4.65. The Kier molecular flexibility index (Phi) is 4.36. The van der Waals surface area contributed by atoms with Crippen LogP contribution in [0.15, 0.2) is 18.7 Å². The van der Waals surface area contributed by atoms with Crippen LogP contribution >= 0.6 is 11.6 Å². The van der Waals surface area contributed by atoms with Crippen molar-refractivity contribution in [2.24, 2.45) is 0 Å². The first-order valence-electron chi connectivity index (χ1n) is 5.45. The Morgan fingerprint density at radius 1 is 1.62 bits per heavy atom. The molecule has 0 amide bonds. The molecular formula is C13H18ClNO. The van der Waals surface area contributed by atoms with E-state index in [1.807, 2.05) is 26.0 Å². The summed E-state index contributed by atoms with van der Waals surface area (Å²) in [6.07, 6.45) is 2.78.